The van der Waals surface area contributed by atoms with Crippen LogP contribution in [0.2, 0.25) is 0 Å². The molecule has 0 radical (unpaired) electrons. The molecule has 11 heteroatoms. The van der Waals surface area contributed by atoms with Crippen LogP contribution >= 0.6 is 22.6 Å². The molecular formula is C26H39IN2O8. The summed E-state index contributed by atoms with van der Waals surface area (Å²) in [7, 11) is 3.00. The number of hydrogen-bond acceptors (Lipinski definition) is 8. The van der Waals surface area contributed by atoms with Crippen molar-refractivity contribution in [3.63, 3.8) is 0 Å². The normalized spacial score (nSPS) is 19.4. The predicted molar refractivity (Wildman–Crippen MR) is 146 cm³/mol. The molecule has 37 heavy (non-hydrogen) atoms. The van der Waals surface area contributed by atoms with Crippen LogP contribution in [0.15, 0.2) is 23.8 Å². The number of ether oxygens (including phenoxy) is 3. The first-order chi connectivity index (χ1) is 17.7. The number of rotatable bonds is 14. The van der Waals surface area contributed by atoms with Crippen LogP contribution in [-0.2, 0) is 20.9 Å². The van der Waals surface area contributed by atoms with Crippen LogP contribution in [0.4, 0.5) is 0 Å². The molecular weight excluding hydrogens is 595 g/mol. The molecule has 4 N–H and O–H groups in total. The Morgan fingerprint density at radius 3 is 2.57 bits per heavy atom. The van der Waals surface area contributed by atoms with E-state index in [1.54, 1.807) is 23.1 Å². The van der Waals surface area contributed by atoms with Gasteiger partial charge in [0.15, 0.2) is 11.5 Å². The average molecular weight is 635 g/mol. The first kappa shape index (κ1) is 31.3. The molecule has 3 atom stereocenters. The van der Waals surface area contributed by atoms with Crippen molar-refractivity contribution in [2.75, 3.05) is 40.5 Å². The van der Waals surface area contributed by atoms with Gasteiger partial charge in [0.05, 0.1) is 43.0 Å². The molecule has 1 aromatic rings. The van der Waals surface area contributed by atoms with Gasteiger partial charge in [-0.2, -0.15) is 0 Å². The number of hydrogen-bond donors (Lipinski definition) is 4. The lowest BCUT2D eigenvalue weighted by Crippen LogP contribution is -2.55. The van der Waals surface area contributed by atoms with E-state index in [-0.39, 0.29) is 45.1 Å². The van der Waals surface area contributed by atoms with E-state index >= 15 is 0 Å². The number of amides is 2. The molecule has 1 aromatic carbocycles. The number of nitrogens with one attached hydrogen (secondary N) is 1. The molecule has 0 heterocycles. The zero-order valence-electron chi connectivity index (χ0n) is 21.9. The van der Waals surface area contributed by atoms with E-state index in [0.717, 1.165) is 6.42 Å². The monoisotopic (exact) mass is 634 g/mol. The van der Waals surface area contributed by atoms with Crippen molar-refractivity contribution in [2.45, 2.75) is 58.0 Å². The molecule has 3 unspecified atom stereocenters. The van der Waals surface area contributed by atoms with E-state index in [9.17, 15) is 19.8 Å². The van der Waals surface area contributed by atoms with Crippen LogP contribution in [0.3, 0.4) is 0 Å². The van der Waals surface area contributed by atoms with Crippen LogP contribution in [0.5, 0.6) is 11.5 Å². The summed E-state index contributed by atoms with van der Waals surface area (Å²) in [5.41, 5.74) is 0.989. The highest BCUT2D eigenvalue weighted by Crippen LogP contribution is 2.37. The van der Waals surface area contributed by atoms with E-state index < -0.39 is 24.2 Å². The van der Waals surface area contributed by atoms with Crippen LogP contribution in [0.25, 0.3) is 0 Å². The van der Waals surface area contributed by atoms with Crippen molar-refractivity contribution in [1.82, 2.24) is 10.2 Å². The van der Waals surface area contributed by atoms with Gasteiger partial charge in [0.1, 0.15) is 12.2 Å². The first-order valence-corrected chi connectivity index (χ1v) is 13.4. The molecule has 0 spiro atoms. The maximum atomic E-state index is 13.2. The van der Waals surface area contributed by atoms with Gasteiger partial charge in [0, 0.05) is 32.2 Å². The van der Waals surface area contributed by atoms with E-state index in [2.05, 4.69) is 41.8 Å². The minimum Gasteiger partial charge on any atom is -0.493 e. The van der Waals surface area contributed by atoms with Gasteiger partial charge >= 0.3 is 0 Å². The predicted octanol–water partition coefficient (Wildman–Crippen LogP) is 1.62. The third-order valence-corrected chi connectivity index (χ3v) is 6.93. The highest BCUT2D eigenvalue weighted by molar-refractivity contribution is 14.1. The van der Waals surface area contributed by atoms with E-state index in [1.165, 1.54) is 14.2 Å². The summed E-state index contributed by atoms with van der Waals surface area (Å²) in [4.78, 5) is 27.7. The van der Waals surface area contributed by atoms with Gasteiger partial charge in [-0.25, -0.2) is 0 Å². The lowest BCUT2D eigenvalue weighted by atomic mass is 9.87. The fraction of sp³-hybridized carbons (Fsp3) is 0.615. The van der Waals surface area contributed by atoms with Gasteiger partial charge in [0.25, 0.3) is 0 Å². The first-order valence-electron chi connectivity index (χ1n) is 12.4. The van der Waals surface area contributed by atoms with Crippen LogP contribution < -0.4 is 14.8 Å². The number of benzene rings is 1. The number of nitrogens with zero attached hydrogens (tertiary/aromatic N) is 1. The van der Waals surface area contributed by atoms with Crippen molar-refractivity contribution in [2.24, 2.45) is 5.92 Å². The largest absolute Gasteiger partial charge is 0.493 e. The number of carbonyl (C=O) groups excluding carboxylic acids is 2. The Morgan fingerprint density at radius 1 is 1.24 bits per heavy atom. The summed E-state index contributed by atoms with van der Waals surface area (Å²) >= 11 is 2.06. The molecule has 0 bridgehead atoms. The molecule has 0 aliphatic heterocycles. The molecule has 0 fully saturated rings. The van der Waals surface area contributed by atoms with Gasteiger partial charge in [-0.1, -0.05) is 13.8 Å². The standard InChI is InChI=1S/C26H39IN2O8/c1-16(2)5-8-29(23(32)6-10-35-3)20-13-18(26(34)28-7-9-30)14-21(24(20)33)37-25-19(27)11-17(15-31)12-22(25)36-4/h11-12,14,16,20-21,24,30-31,33H,5-10,13,15H2,1-4H3,(H,28,34). The summed E-state index contributed by atoms with van der Waals surface area (Å²) < 4.78 is 17.5. The minimum absolute atomic E-state index is 0.0765. The maximum Gasteiger partial charge on any atom is 0.247 e. The van der Waals surface area contributed by atoms with E-state index in [1.807, 2.05) is 0 Å². The molecule has 208 valence electrons. The second-order valence-electron chi connectivity index (χ2n) is 9.30. The summed E-state index contributed by atoms with van der Waals surface area (Å²) in [6, 6.07) is 2.67. The Morgan fingerprint density at radius 2 is 1.97 bits per heavy atom. The van der Waals surface area contributed by atoms with Gasteiger partial charge in [-0.05, 0) is 58.7 Å². The molecule has 0 saturated carbocycles. The summed E-state index contributed by atoms with van der Waals surface area (Å²) in [6.07, 6.45) is 0.459. The second-order valence-corrected chi connectivity index (χ2v) is 10.5. The number of halogens is 1. The van der Waals surface area contributed by atoms with Gasteiger partial charge in [0.2, 0.25) is 11.8 Å². The molecule has 1 aliphatic rings. The molecule has 2 amide bonds. The lowest BCUT2D eigenvalue weighted by molar-refractivity contribution is -0.139. The highest BCUT2D eigenvalue weighted by Gasteiger charge is 2.40. The minimum atomic E-state index is -1.13. The smallest absolute Gasteiger partial charge is 0.247 e. The Balaban J connectivity index is 2.48. The topological polar surface area (TPSA) is 138 Å². The Labute approximate surface area is 232 Å². The van der Waals surface area contributed by atoms with Crippen molar-refractivity contribution in [1.29, 1.82) is 0 Å². The van der Waals surface area contributed by atoms with Crippen molar-refractivity contribution in [3.8, 4) is 11.5 Å². The quantitative estimate of drug-likeness (QED) is 0.227. The lowest BCUT2D eigenvalue weighted by Gasteiger charge is -2.41. The molecule has 0 aromatic heterocycles. The number of aliphatic hydroxyl groups excluding tert-OH is 3. The third-order valence-electron chi connectivity index (χ3n) is 6.13. The summed E-state index contributed by atoms with van der Waals surface area (Å²) in [5.74, 6) is 0.476. The van der Waals surface area contributed by atoms with Crippen LogP contribution in [0, 0.1) is 9.49 Å². The average Bonchev–Trinajstić information content (AvgIpc) is 2.88. The molecule has 1 aliphatic carbocycles. The zero-order valence-corrected chi connectivity index (χ0v) is 24.1. The van der Waals surface area contributed by atoms with E-state index in [4.69, 9.17) is 19.3 Å². The van der Waals surface area contributed by atoms with E-state index in [0.29, 0.717) is 38.7 Å². The van der Waals surface area contributed by atoms with Gasteiger partial charge in [-0.3, -0.25) is 9.59 Å². The molecule has 0 saturated heterocycles. The number of methoxy groups -OCH3 is 2. The number of aliphatic hydroxyl groups is 3. The maximum absolute atomic E-state index is 13.2. The van der Waals surface area contributed by atoms with Gasteiger partial charge in [-0.15, -0.1) is 0 Å². The van der Waals surface area contributed by atoms with Crippen molar-refractivity contribution >= 4 is 34.4 Å². The third kappa shape index (κ3) is 8.81. The van der Waals surface area contributed by atoms with Gasteiger partial charge < -0.3 is 39.7 Å². The Bertz CT molecular complexity index is 939. The second kappa shape index (κ2) is 15.5. The van der Waals surface area contributed by atoms with Crippen LogP contribution in [0.1, 0.15) is 38.7 Å². The summed E-state index contributed by atoms with van der Waals surface area (Å²) in [5, 5.41) is 32.8. The van der Waals surface area contributed by atoms with Crippen molar-refractivity contribution < 1.29 is 39.1 Å². The Kier molecular flexibility index (Phi) is 13.1. The molecule has 10 nitrogen and oxygen atoms in total. The van der Waals surface area contributed by atoms with Crippen molar-refractivity contribution in [3.05, 3.63) is 32.9 Å². The number of carbonyl (C=O) groups is 2. The SMILES string of the molecule is COCCC(=O)N(CCC(C)C)C1CC(C(=O)NCCO)=CC(Oc2c(I)cc(CO)cc2OC)C1O. The summed E-state index contributed by atoms with van der Waals surface area (Å²) in [6.45, 7) is 4.45. The van der Waals surface area contributed by atoms with Crippen LogP contribution in [-0.4, -0.2) is 90.8 Å². The fourth-order valence-electron chi connectivity index (χ4n) is 4.10. The fourth-order valence-corrected chi connectivity index (χ4v) is 4.89. The highest BCUT2D eigenvalue weighted by atomic mass is 127. The molecule has 2 rings (SSSR count). The Hall–Kier alpha value is -1.93. The zero-order chi connectivity index (χ0) is 27.5.